The van der Waals surface area contributed by atoms with Gasteiger partial charge in [-0.2, -0.15) is 6.54 Å². The summed E-state index contributed by atoms with van der Waals surface area (Å²) in [7, 11) is 0. The summed E-state index contributed by atoms with van der Waals surface area (Å²) in [5.74, 6) is 0. The molecule has 0 spiro atoms. The molecule has 15 heavy (non-hydrogen) atoms. The molecule has 0 amide bonds. The van der Waals surface area contributed by atoms with Crippen molar-refractivity contribution in [1.82, 2.24) is 0 Å². The quantitative estimate of drug-likeness (QED) is 0.330. The molecule has 1 radical (unpaired) electrons. The van der Waals surface area contributed by atoms with Gasteiger partial charge in [0.1, 0.15) is 12.6 Å². The first-order chi connectivity index (χ1) is 6.74. The third-order valence-corrected chi connectivity index (χ3v) is 0.506. The van der Waals surface area contributed by atoms with E-state index in [0.717, 1.165) is 18.6 Å². The first-order valence-corrected chi connectivity index (χ1v) is 3.67. The summed E-state index contributed by atoms with van der Waals surface area (Å²) in [5.41, 5.74) is 6.39. The molecule has 0 rings (SSSR count). The van der Waals surface area contributed by atoms with Crippen LogP contribution in [0.15, 0.2) is 24.7 Å². The Morgan fingerprint density at radius 3 is 1.33 bits per heavy atom. The number of carbonyl (C=O) groups is 2. The Morgan fingerprint density at radius 1 is 1.07 bits per heavy atom. The van der Waals surface area contributed by atoms with Gasteiger partial charge in [0.25, 0.3) is 0 Å². The fraction of sp³-hybridized carbons (Fsp3) is 0.222. The molecule has 0 fully saturated rings. The number of hydrogen-bond acceptors (Lipinski definition) is 4. The van der Waals surface area contributed by atoms with Crippen LogP contribution < -0.4 is 0 Å². The summed E-state index contributed by atoms with van der Waals surface area (Å²) in [6.45, 7) is 3.88. The van der Waals surface area contributed by atoms with Gasteiger partial charge in [0.05, 0.1) is 12.5 Å². The third kappa shape index (κ3) is 97.6. The number of rotatable bonds is 3. The van der Waals surface area contributed by atoms with Gasteiger partial charge in [-0.25, -0.2) is 6.42 Å². The SMILES string of the molecule is O=C/C=C\O.O=C/C=C\O.[CH2-]CC[NH-].[Ir]. The maximum Gasteiger partial charge on any atom is 0.145 e. The zero-order valence-corrected chi connectivity index (χ0v) is 10.5. The molecular weight excluding hydrogens is 378 g/mol. The average molecular weight is 393 g/mol. The van der Waals surface area contributed by atoms with E-state index in [4.69, 9.17) is 25.5 Å². The molecule has 0 bridgehead atoms. The molecule has 0 aliphatic heterocycles. The molecule has 91 valence electrons. The van der Waals surface area contributed by atoms with Crippen LogP contribution in [0.1, 0.15) is 6.42 Å². The monoisotopic (exact) mass is 394 g/mol. The Balaban J connectivity index is -0.0000000590. The topological polar surface area (TPSA) is 98.4 Å². The second-order valence-corrected chi connectivity index (χ2v) is 1.56. The van der Waals surface area contributed by atoms with E-state index in [1.165, 1.54) is 0 Å². The summed E-state index contributed by atoms with van der Waals surface area (Å²) in [4.78, 5) is 18.3. The van der Waals surface area contributed by atoms with Crippen molar-refractivity contribution in [3.05, 3.63) is 37.3 Å². The van der Waals surface area contributed by atoms with Crippen molar-refractivity contribution in [3.8, 4) is 0 Å². The van der Waals surface area contributed by atoms with Gasteiger partial charge in [-0.05, 0) is 0 Å². The minimum atomic E-state index is 0. The van der Waals surface area contributed by atoms with E-state index in [0.29, 0.717) is 31.6 Å². The van der Waals surface area contributed by atoms with Gasteiger partial charge in [0, 0.05) is 32.3 Å². The van der Waals surface area contributed by atoms with Crippen LogP contribution in [-0.4, -0.2) is 29.3 Å². The summed E-state index contributed by atoms with van der Waals surface area (Å²) in [6, 6.07) is 0. The Bertz CT molecular complexity index is 142. The molecule has 0 unspecified atom stereocenters. The van der Waals surface area contributed by atoms with Gasteiger partial charge in [-0.1, -0.05) is 0 Å². The summed E-state index contributed by atoms with van der Waals surface area (Å²) < 4.78 is 0. The van der Waals surface area contributed by atoms with Crippen LogP contribution in [0.3, 0.4) is 0 Å². The van der Waals surface area contributed by atoms with E-state index in [9.17, 15) is 0 Å². The second kappa shape index (κ2) is 38.2. The Labute approximate surface area is 103 Å². The summed E-state index contributed by atoms with van der Waals surface area (Å²) in [6.07, 6.45) is 5.11. The van der Waals surface area contributed by atoms with E-state index in [1.54, 1.807) is 0 Å². The first-order valence-electron chi connectivity index (χ1n) is 3.67. The van der Waals surface area contributed by atoms with Gasteiger partial charge in [0.15, 0.2) is 0 Å². The number of aliphatic hydroxyl groups excluding tert-OH is 2. The maximum absolute atomic E-state index is 9.16. The van der Waals surface area contributed by atoms with Gasteiger partial charge in [-0.15, -0.1) is 0 Å². The van der Waals surface area contributed by atoms with Crippen molar-refractivity contribution in [2.45, 2.75) is 6.42 Å². The number of aliphatic hydroxyl groups is 2. The summed E-state index contributed by atoms with van der Waals surface area (Å²) in [5, 5.41) is 15.3. The normalized spacial score (nSPS) is 7.87. The molecule has 0 aromatic heterocycles. The third-order valence-electron chi connectivity index (χ3n) is 0.506. The molecule has 0 atom stereocenters. The second-order valence-electron chi connectivity index (χ2n) is 1.56. The standard InChI is InChI=1S/C3H7N.2C3H4O2.Ir/c1-2-3-4;2*4-2-1-3-5;/h4H,1-3H2;2*1-4H;/q-2;;;/b;2*2-1-;. The van der Waals surface area contributed by atoms with Crippen molar-refractivity contribution in [3.63, 3.8) is 0 Å². The molecule has 0 saturated carbocycles. The molecule has 0 aliphatic carbocycles. The first kappa shape index (κ1) is 23.7. The number of aldehydes is 2. The number of allylic oxidation sites excluding steroid dienone is 2. The van der Waals surface area contributed by atoms with Crippen LogP contribution in [-0.2, 0) is 29.7 Å². The molecule has 6 heteroatoms. The van der Waals surface area contributed by atoms with Crippen molar-refractivity contribution >= 4 is 12.6 Å². The Hall–Kier alpha value is -0.971. The molecule has 3 N–H and O–H groups in total. The predicted octanol–water partition coefficient (Wildman–Crippen LogP) is 1.77. The fourth-order valence-corrected chi connectivity index (χ4v) is 0.0703. The maximum atomic E-state index is 9.16. The van der Waals surface area contributed by atoms with E-state index >= 15 is 0 Å². The Kier molecular flexibility index (Phi) is 60.2. The average Bonchev–Trinajstić information content (AvgIpc) is 2.22. The summed E-state index contributed by atoms with van der Waals surface area (Å²) >= 11 is 0. The molecule has 0 aliphatic rings. The van der Waals surface area contributed by atoms with Gasteiger partial charge < -0.3 is 22.9 Å². The minimum absolute atomic E-state index is 0. The van der Waals surface area contributed by atoms with Crippen molar-refractivity contribution < 1.29 is 39.9 Å². The van der Waals surface area contributed by atoms with Crippen LogP contribution in [0.25, 0.3) is 5.73 Å². The number of nitrogens with one attached hydrogen (secondary N) is 1. The molecule has 0 heterocycles. The zero-order valence-electron chi connectivity index (χ0n) is 8.13. The molecule has 0 saturated heterocycles. The van der Waals surface area contributed by atoms with Crippen molar-refractivity contribution in [2.75, 3.05) is 6.54 Å². The minimum Gasteiger partial charge on any atom is -0.679 e. The predicted molar refractivity (Wildman–Crippen MR) is 54.8 cm³/mol. The van der Waals surface area contributed by atoms with Crippen LogP contribution in [0.2, 0.25) is 0 Å². The molecule has 0 aromatic rings. The van der Waals surface area contributed by atoms with E-state index in [1.807, 2.05) is 0 Å². The van der Waals surface area contributed by atoms with E-state index in [-0.39, 0.29) is 20.1 Å². The number of carbonyl (C=O) groups excluding carboxylic acids is 2. The fourth-order valence-electron chi connectivity index (χ4n) is 0.0703. The van der Waals surface area contributed by atoms with Crippen molar-refractivity contribution in [1.29, 1.82) is 0 Å². The van der Waals surface area contributed by atoms with Crippen LogP contribution in [0.4, 0.5) is 0 Å². The van der Waals surface area contributed by atoms with Crippen LogP contribution in [0, 0.1) is 6.92 Å². The smallest absolute Gasteiger partial charge is 0.145 e. The van der Waals surface area contributed by atoms with Crippen molar-refractivity contribution in [2.24, 2.45) is 0 Å². The van der Waals surface area contributed by atoms with E-state index in [2.05, 4.69) is 6.92 Å². The molecular formula is C9H15IrNO4-2. The van der Waals surface area contributed by atoms with Gasteiger partial charge in [0.2, 0.25) is 0 Å². The van der Waals surface area contributed by atoms with Crippen LogP contribution >= 0.6 is 0 Å². The largest absolute Gasteiger partial charge is 0.679 e. The van der Waals surface area contributed by atoms with E-state index < -0.39 is 0 Å². The van der Waals surface area contributed by atoms with Gasteiger partial charge >= 0.3 is 0 Å². The molecule has 0 aromatic carbocycles. The van der Waals surface area contributed by atoms with Crippen LogP contribution in [0.5, 0.6) is 0 Å². The number of hydrogen-bond donors (Lipinski definition) is 2. The zero-order chi connectivity index (χ0) is 11.7. The van der Waals surface area contributed by atoms with Gasteiger partial charge in [-0.3, -0.25) is 9.59 Å². The Morgan fingerprint density at radius 2 is 1.33 bits per heavy atom. The molecule has 5 nitrogen and oxygen atoms in total.